The lowest BCUT2D eigenvalue weighted by atomic mass is 10.0. The molecule has 2 N–H and O–H groups in total. The lowest BCUT2D eigenvalue weighted by molar-refractivity contribution is -0.132. The molecule has 1 fully saturated rings. The van der Waals surface area contributed by atoms with Gasteiger partial charge in [-0.3, -0.25) is 9.69 Å². The fourth-order valence-electron chi connectivity index (χ4n) is 2.58. The third kappa shape index (κ3) is 4.51. The van der Waals surface area contributed by atoms with E-state index in [2.05, 4.69) is 30.9 Å². The summed E-state index contributed by atoms with van der Waals surface area (Å²) in [6.45, 7) is 8.01. The number of hydrogen-bond acceptors (Lipinski definition) is 3. The van der Waals surface area contributed by atoms with E-state index in [0.29, 0.717) is 18.0 Å². The van der Waals surface area contributed by atoms with E-state index in [1.807, 2.05) is 11.0 Å². The first-order valence-corrected chi connectivity index (χ1v) is 7.71. The number of piperazine rings is 1. The van der Waals surface area contributed by atoms with Crippen molar-refractivity contribution in [1.29, 1.82) is 0 Å². The molecule has 21 heavy (non-hydrogen) atoms. The molecule has 1 aliphatic heterocycles. The Morgan fingerprint density at radius 1 is 1.19 bits per heavy atom. The van der Waals surface area contributed by atoms with Crippen LogP contribution >= 0.6 is 12.2 Å². The fraction of sp³-hybridized carbons (Fsp3) is 0.500. The van der Waals surface area contributed by atoms with Gasteiger partial charge in [-0.05, 0) is 30.5 Å². The molecular weight excluding hydrogens is 282 g/mol. The molecule has 0 atom stereocenters. The molecule has 1 aromatic rings. The highest BCUT2D eigenvalue weighted by atomic mass is 32.1. The monoisotopic (exact) mass is 305 g/mol. The van der Waals surface area contributed by atoms with E-state index in [9.17, 15) is 4.79 Å². The molecule has 4 nitrogen and oxygen atoms in total. The van der Waals surface area contributed by atoms with Gasteiger partial charge in [0.15, 0.2) is 0 Å². The topological polar surface area (TPSA) is 49.6 Å². The van der Waals surface area contributed by atoms with Crippen LogP contribution in [0.15, 0.2) is 18.2 Å². The molecule has 0 bridgehead atoms. The molecule has 114 valence electrons. The molecular formula is C16H23N3OS. The summed E-state index contributed by atoms with van der Waals surface area (Å²) in [6.07, 6.45) is 0.483. The number of benzene rings is 1. The van der Waals surface area contributed by atoms with Crippen LogP contribution in [0, 0.1) is 13.8 Å². The highest BCUT2D eigenvalue weighted by molar-refractivity contribution is 7.80. The zero-order valence-electron chi connectivity index (χ0n) is 12.8. The summed E-state index contributed by atoms with van der Waals surface area (Å²) in [6, 6.07) is 6.23. The Hall–Kier alpha value is -1.46. The average Bonchev–Trinajstić information content (AvgIpc) is 2.43. The van der Waals surface area contributed by atoms with E-state index in [-0.39, 0.29) is 5.91 Å². The highest BCUT2D eigenvalue weighted by Crippen LogP contribution is 2.12. The number of aryl methyl sites for hydroxylation is 2. The van der Waals surface area contributed by atoms with E-state index in [1.165, 1.54) is 11.1 Å². The molecule has 0 radical (unpaired) electrons. The first kappa shape index (κ1) is 15.9. The van der Waals surface area contributed by atoms with Crippen molar-refractivity contribution in [2.75, 3.05) is 32.7 Å². The van der Waals surface area contributed by atoms with Gasteiger partial charge in [0.05, 0.1) is 11.4 Å². The van der Waals surface area contributed by atoms with Crippen molar-refractivity contribution < 1.29 is 4.79 Å². The van der Waals surface area contributed by atoms with Gasteiger partial charge in [0.2, 0.25) is 5.91 Å². The third-order valence-corrected chi connectivity index (χ3v) is 4.16. The maximum absolute atomic E-state index is 12.3. The molecule has 0 saturated carbocycles. The first-order chi connectivity index (χ1) is 9.95. The highest BCUT2D eigenvalue weighted by Gasteiger charge is 2.21. The Bertz CT molecular complexity index is 536. The lowest BCUT2D eigenvalue weighted by Crippen LogP contribution is -2.50. The fourth-order valence-corrected chi connectivity index (χ4v) is 2.76. The Kier molecular flexibility index (Phi) is 5.31. The number of carbonyl (C=O) groups is 1. The maximum atomic E-state index is 12.3. The molecule has 0 spiro atoms. The lowest BCUT2D eigenvalue weighted by Gasteiger charge is -2.34. The predicted molar refractivity (Wildman–Crippen MR) is 89.4 cm³/mol. The summed E-state index contributed by atoms with van der Waals surface area (Å²) < 4.78 is 0. The first-order valence-electron chi connectivity index (χ1n) is 7.30. The summed E-state index contributed by atoms with van der Waals surface area (Å²) in [7, 11) is 0. The number of nitrogens with zero attached hydrogens (tertiary/aromatic N) is 2. The van der Waals surface area contributed by atoms with Crippen LogP contribution in [0.4, 0.5) is 0 Å². The molecule has 0 aromatic heterocycles. The molecule has 5 heteroatoms. The van der Waals surface area contributed by atoms with Crippen LogP contribution in [0.3, 0.4) is 0 Å². The van der Waals surface area contributed by atoms with Crippen LogP contribution < -0.4 is 5.73 Å². The van der Waals surface area contributed by atoms with Gasteiger partial charge in [-0.15, -0.1) is 0 Å². The summed E-state index contributed by atoms with van der Waals surface area (Å²) in [5.41, 5.74) is 9.15. The van der Waals surface area contributed by atoms with Crippen molar-refractivity contribution in [3.63, 3.8) is 0 Å². The standard InChI is InChI=1S/C16H23N3OS/c1-12-3-4-14(9-13(12)2)10-16(20)19-7-5-18(6-8-19)11-15(17)21/h3-4,9H,5-8,10-11H2,1-2H3,(H2,17,21). The minimum Gasteiger partial charge on any atom is -0.392 e. The number of thiocarbonyl (C=S) groups is 1. The van der Waals surface area contributed by atoms with Crippen molar-refractivity contribution >= 4 is 23.1 Å². The number of amides is 1. The Morgan fingerprint density at radius 2 is 1.86 bits per heavy atom. The summed E-state index contributed by atoms with van der Waals surface area (Å²) in [5.74, 6) is 0.202. The second-order valence-electron chi connectivity index (χ2n) is 5.72. The molecule has 1 saturated heterocycles. The smallest absolute Gasteiger partial charge is 0.227 e. The van der Waals surface area contributed by atoms with E-state index in [0.717, 1.165) is 31.7 Å². The summed E-state index contributed by atoms with van der Waals surface area (Å²) in [5, 5.41) is 0. The van der Waals surface area contributed by atoms with Crippen molar-refractivity contribution in [1.82, 2.24) is 9.80 Å². The second kappa shape index (κ2) is 7.00. The zero-order valence-corrected chi connectivity index (χ0v) is 13.6. The van der Waals surface area contributed by atoms with Crippen LogP contribution in [0.5, 0.6) is 0 Å². The van der Waals surface area contributed by atoms with Gasteiger partial charge >= 0.3 is 0 Å². The molecule has 2 rings (SSSR count). The molecule has 0 aliphatic carbocycles. The largest absolute Gasteiger partial charge is 0.392 e. The van der Waals surface area contributed by atoms with E-state index >= 15 is 0 Å². The summed E-state index contributed by atoms with van der Waals surface area (Å²) >= 11 is 4.92. The van der Waals surface area contributed by atoms with Gasteiger partial charge in [0.25, 0.3) is 0 Å². The van der Waals surface area contributed by atoms with Gasteiger partial charge in [-0.25, -0.2) is 0 Å². The van der Waals surface area contributed by atoms with Crippen molar-refractivity contribution in [2.24, 2.45) is 5.73 Å². The van der Waals surface area contributed by atoms with Crippen molar-refractivity contribution in [3.8, 4) is 0 Å². The van der Waals surface area contributed by atoms with Gasteiger partial charge < -0.3 is 10.6 Å². The molecule has 1 heterocycles. The number of nitrogens with two attached hydrogens (primary N) is 1. The second-order valence-corrected chi connectivity index (χ2v) is 6.24. The minimum absolute atomic E-state index is 0.202. The van der Waals surface area contributed by atoms with E-state index in [4.69, 9.17) is 18.0 Å². The van der Waals surface area contributed by atoms with Crippen LogP contribution in [0.25, 0.3) is 0 Å². The molecule has 1 amide bonds. The van der Waals surface area contributed by atoms with E-state index < -0.39 is 0 Å². The third-order valence-electron chi connectivity index (χ3n) is 4.03. The Balaban J connectivity index is 1.87. The number of hydrogen-bond donors (Lipinski definition) is 1. The predicted octanol–water partition coefficient (Wildman–Crippen LogP) is 1.28. The van der Waals surface area contributed by atoms with Gasteiger partial charge in [-0.2, -0.15) is 0 Å². The van der Waals surface area contributed by atoms with Gasteiger partial charge in [-0.1, -0.05) is 30.4 Å². The summed E-state index contributed by atoms with van der Waals surface area (Å²) in [4.78, 5) is 17.0. The van der Waals surface area contributed by atoms with Gasteiger partial charge in [0.1, 0.15) is 0 Å². The molecule has 1 aromatic carbocycles. The Labute approximate surface area is 131 Å². The quantitative estimate of drug-likeness (QED) is 0.851. The average molecular weight is 305 g/mol. The molecule has 0 unspecified atom stereocenters. The SMILES string of the molecule is Cc1ccc(CC(=O)N2CCN(CC(N)=S)CC2)cc1C. The minimum atomic E-state index is 0.202. The van der Waals surface area contributed by atoms with Crippen LogP contribution in [0.1, 0.15) is 16.7 Å². The van der Waals surface area contributed by atoms with Crippen molar-refractivity contribution in [2.45, 2.75) is 20.3 Å². The zero-order chi connectivity index (χ0) is 15.4. The maximum Gasteiger partial charge on any atom is 0.227 e. The van der Waals surface area contributed by atoms with Crippen LogP contribution in [0.2, 0.25) is 0 Å². The number of rotatable bonds is 4. The van der Waals surface area contributed by atoms with Gasteiger partial charge in [0, 0.05) is 32.7 Å². The van der Waals surface area contributed by atoms with E-state index in [1.54, 1.807) is 0 Å². The Morgan fingerprint density at radius 3 is 2.43 bits per heavy atom. The molecule has 1 aliphatic rings. The van der Waals surface area contributed by atoms with Crippen LogP contribution in [-0.4, -0.2) is 53.4 Å². The number of carbonyl (C=O) groups excluding carboxylic acids is 1. The van der Waals surface area contributed by atoms with Crippen molar-refractivity contribution in [3.05, 3.63) is 34.9 Å². The van der Waals surface area contributed by atoms with Crippen LogP contribution in [-0.2, 0) is 11.2 Å². The normalized spacial score (nSPS) is 16.0.